The first kappa shape index (κ1) is 14.9. The summed E-state index contributed by atoms with van der Waals surface area (Å²) in [5.41, 5.74) is 0.235. The van der Waals surface area contributed by atoms with Crippen LogP contribution in [0.25, 0.3) is 0 Å². The number of aliphatic hydroxyl groups is 1. The first-order chi connectivity index (χ1) is 9.45. The summed E-state index contributed by atoms with van der Waals surface area (Å²) in [6.07, 6.45) is 0.320. The minimum Gasteiger partial charge on any atom is -0.393 e. The van der Waals surface area contributed by atoms with Gasteiger partial charge < -0.3 is 10.4 Å². The van der Waals surface area contributed by atoms with E-state index >= 15 is 0 Å². The number of benzene rings is 1. The summed E-state index contributed by atoms with van der Waals surface area (Å²) in [4.78, 5) is 13.8. The molecule has 1 aromatic rings. The third kappa shape index (κ3) is 3.74. The minimum atomic E-state index is -0.988. The summed E-state index contributed by atoms with van der Waals surface area (Å²) in [7, 11) is 0. The molecule has 20 heavy (non-hydrogen) atoms. The third-order valence-electron chi connectivity index (χ3n) is 3.51. The van der Waals surface area contributed by atoms with Gasteiger partial charge in [0, 0.05) is 24.8 Å². The first-order valence-corrected chi connectivity index (χ1v) is 6.61. The highest BCUT2D eigenvalue weighted by atomic mass is 19.2. The van der Waals surface area contributed by atoms with Crippen LogP contribution in [0.2, 0.25) is 0 Å². The van der Waals surface area contributed by atoms with Crippen LogP contribution >= 0.6 is 0 Å². The van der Waals surface area contributed by atoms with Crippen molar-refractivity contribution in [2.24, 2.45) is 5.92 Å². The lowest BCUT2D eigenvalue weighted by Crippen LogP contribution is -2.45. The molecule has 2 atom stereocenters. The van der Waals surface area contributed by atoms with Crippen molar-refractivity contribution in [1.82, 2.24) is 4.90 Å². The van der Waals surface area contributed by atoms with Crippen molar-refractivity contribution < 1.29 is 18.7 Å². The minimum absolute atomic E-state index is 0.125. The van der Waals surface area contributed by atoms with Gasteiger partial charge in [0.25, 0.3) is 0 Å². The predicted molar refractivity (Wildman–Crippen MR) is 71.2 cm³/mol. The standard InChI is InChI=1S/C14H18F2N2O2/c1-9-7-18(5-4-13(9)19)8-14(20)17-10-2-3-11(15)12(16)6-10/h2-3,6,9,13,19H,4-5,7-8H2,1H3,(H,17,20). The predicted octanol–water partition coefficient (Wildman–Crippen LogP) is 1.61. The number of aliphatic hydroxyl groups excluding tert-OH is 1. The van der Waals surface area contributed by atoms with Gasteiger partial charge in [0.2, 0.25) is 5.91 Å². The van der Waals surface area contributed by atoms with E-state index in [1.54, 1.807) is 0 Å². The molecule has 0 bridgehead atoms. The fraction of sp³-hybridized carbons (Fsp3) is 0.500. The third-order valence-corrected chi connectivity index (χ3v) is 3.51. The number of amides is 1. The van der Waals surface area contributed by atoms with Crippen LogP contribution in [0.5, 0.6) is 0 Å². The van der Waals surface area contributed by atoms with Gasteiger partial charge in [-0.25, -0.2) is 8.78 Å². The zero-order valence-corrected chi connectivity index (χ0v) is 11.3. The van der Waals surface area contributed by atoms with E-state index in [9.17, 15) is 18.7 Å². The van der Waals surface area contributed by atoms with Crippen molar-refractivity contribution in [3.05, 3.63) is 29.8 Å². The van der Waals surface area contributed by atoms with Gasteiger partial charge in [-0.3, -0.25) is 9.69 Å². The van der Waals surface area contributed by atoms with Crippen LogP contribution in [0.1, 0.15) is 13.3 Å². The molecule has 2 N–H and O–H groups in total. The Hall–Kier alpha value is -1.53. The molecule has 0 saturated carbocycles. The topological polar surface area (TPSA) is 52.6 Å². The smallest absolute Gasteiger partial charge is 0.238 e. The highest BCUT2D eigenvalue weighted by molar-refractivity contribution is 5.92. The van der Waals surface area contributed by atoms with Gasteiger partial charge in [0.15, 0.2) is 11.6 Å². The van der Waals surface area contributed by atoms with Crippen LogP contribution in [0.15, 0.2) is 18.2 Å². The molecule has 0 spiro atoms. The summed E-state index contributed by atoms with van der Waals surface area (Å²) in [5, 5.41) is 12.2. The van der Waals surface area contributed by atoms with Crippen LogP contribution in [0.4, 0.5) is 14.5 Å². The Bertz CT molecular complexity index is 496. The SMILES string of the molecule is CC1CN(CC(=O)Nc2ccc(F)c(F)c2)CCC1O. The second kappa shape index (κ2) is 6.28. The molecule has 4 nitrogen and oxygen atoms in total. The van der Waals surface area contributed by atoms with E-state index in [1.165, 1.54) is 6.07 Å². The van der Waals surface area contributed by atoms with Crippen LogP contribution < -0.4 is 5.32 Å². The zero-order valence-electron chi connectivity index (χ0n) is 11.3. The highest BCUT2D eigenvalue weighted by Crippen LogP contribution is 2.17. The summed E-state index contributed by atoms with van der Waals surface area (Å²) >= 11 is 0. The molecule has 0 aromatic heterocycles. The van der Waals surface area contributed by atoms with Crippen molar-refractivity contribution in [1.29, 1.82) is 0 Å². The van der Waals surface area contributed by atoms with Crippen molar-refractivity contribution >= 4 is 11.6 Å². The molecule has 2 rings (SSSR count). The monoisotopic (exact) mass is 284 g/mol. The van der Waals surface area contributed by atoms with Crippen molar-refractivity contribution in [2.45, 2.75) is 19.4 Å². The number of anilines is 1. The number of nitrogens with one attached hydrogen (secondary N) is 1. The number of piperidine rings is 1. The van der Waals surface area contributed by atoms with Gasteiger partial charge >= 0.3 is 0 Å². The fourth-order valence-corrected chi connectivity index (χ4v) is 2.34. The number of carbonyl (C=O) groups excluding carboxylic acids is 1. The van der Waals surface area contributed by atoms with Crippen LogP contribution in [-0.2, 0) is 4.79 Å². The number of carbonyl (C=O) groups is 1. The summed E-state index contributed by atoms with van der Waals surface area (Å²) in [6.45, 7) is 3.41. The van der Waals surface area contributed by atoms with Gasteiger partial charge in [0.05, 0.1) is 12.6 Å². The lowest BCUT2D eigenvalue weighted by molar-refractivity contribution is -0.118. The first-order valence-electron chi connectivity index (χ1n) is 6.61. The molecule has 1 aromatic carbocycles. The lowest BCUT2D eigenvalue weighted by atomic mass is 9.97. The van der Waals surface area contributed by atoms with E-state index in [1.807, 2.05) is 11.8 Å². The largest absolute Gasteiger partial charge is 0.393 e. The van der Waals surface area contributed by atoms with E-state index in [0.29, 0.717) is 19.5 Å². The Kier molecular flexibility index (Phi) is 4.67. The van der Waals surface area contributed by atoms with E-state index in [2.05, 4.69) is 5.32 Å². The van der Waals surface area contributed by atoms with Crippen LogP contribution in [-0.4, -0.2) is 41.7 Å². The van der Waals surface area contributed by atoms with E-state index in [0.717, 1.165) is 12.1 Å². The number of hydrogen-bond donors (Lipinski definition) is 2. The molecule has 0 radical (unpaired) electrons. The van der Waals surface area contributed by atoms with Crippen molar-refractivity contribution in [2.75, 3.05) is 25.0 Å². The second-order valence-electron chi connectivity index (χ2n) is 5.25. The maximum absolute atomic E-state index is 13.0. The molecule has 1 heterocycles. The maximum atomic E-state index is 13.0. The van der Waals surface area contributed by atoms with Gasteiger partial charge in [-0.2, -0.15) is 0 Å². The summed E-state index contributed by atoms with van der Waals surface area (Å²) < 4.78 is 25.8. The lowest BCUT2D eigenvalue weighted by Gasteiger charge is -2.33. The highest BCUT2D eigenvalue weighted by Gasteiger charge is 2.25. The van der Waals surface area contributed by atoms with Gasteiger partial charge in [-0.15, -0.1) is 0 Å². The second-order valence-corrected chi connectivity index (χ2v) is 5.25. The average Bonchev–Trinajstić information content (AvgIpc) is 2.38. The Labute approximate surface area is 116 Å². The Morgan fingerprint density at radius 2 is 2.20 bits per heavy atom. The van der Waals surface area contributed by atoms with Crippen molar-refractivity contribution in [3.63, 3.8) is 0 Å². The molecule has 1 aliphatic rings. The Balaban J connectivity index is 1.87. The van der Waals surface area contributed by atoms with Crippen LogP contribution in [0.3, 0.4) is 0 Å². The molecule has 1 aliphatic heterocycles. The normalized spacial score (nSPS) is 23.6. The number of halogens is 2. The molecule has 6 heteroatoms. The summed E-state index contributed by atoms with van der Waals surface area (Å²) in [5.74, 6) is -2.08. The van der Waals surface area contributed by atoms with Crippen molar-refractivity contribution in [3.8, 4) is 0 Å². The molecular formula is C14H18F2N2O2. The molecule has 1 saturated heterocycles. The molecule has 0 aliphatic carbocycles. The Morgan fingerprint density at radius 1 is 1.45 bits per heavy atom. The van der Waals surface area contributed by atoms with Gasteiger partial charge in [-0.1, -0.05) is 6.92 Å². The zero-order chi connectivity index (χ0) is 14.7. The molecule has 110 valence electrons. The average molecular weight is 284 g/mol. The van der Waals surface area contributed by atoms with E-state index in [4.69, 9.17) is 0 Å². The quantitative estimate of drug-likeness (QED) is 0.886. The number of nitrogens with zero attached hydrogens (tertiary/aromatic N) is 1. The number of rotatable bonds is 3. The molecule has 1 fully saturated rings. The molecular weight excluding hydrogens is 266 g/mol. The maximum Gasteiger partial charge on any atom is 0.238 e. The number of hydrogen-bond acceptors (Lipinski definition) is 3. The van der Waals surface area contributed by atoms with Crippen LogP contribution in [0, 0.1) is 17.6 Å². The van der Waals surface area contributed by atoms with Gasteiger partial charge in [0.1, 0.15) is 0 Å². The fourth-order valence-electron chi connectivity index (χ4n) is 2.34. The van der Waals surface area contributed by atoms with E-state index < -0.39 is 11.6 Å². The van der Waals surface area contributed by atoms with E-state index in [-0.39, 0.29) is 30.2 Å². The Morgan fingerprint density at radius 3 is 2.85 bits per heavy atom. The number of likely N-dealkylation sites (tertiary alicyclic amines) is 1. The molecule has 1 amide bonds. The molecule has 2 unspecified atom stereocenters. The van der Waals surface area contributed by atoms with Gasteiger partial charge in [-0.05, 0) is 24.5 Å². The summed E-state index contributed by atoms with van der Waals surface area (Å²) in [6, 6.07) is 3.25.